The summed E-state index contributed by atoms with van der Waals surface area (Å²) in [6.07, 6.45) is 0.704. The van der Waals surface area contributed by atoms with Crippen molar-refractivity contribution in [2.24, 2.45) is 4.99 Å². The summed E-state index contributed by atoms with van der Waals surface area (Å²) in [6, 6.07) is 3.99. The summed E-state index contributed by atoms with van der Waals surface area (Å²) in [7, 11) is 1.16. The highest BCUT2D eigenvalue weighted by molar-refractivity contribution is 7.11. The van der Waals surface area contributed by atoms with Gasteiger partial charge in [0.05, 0.1) is 30.9 Å². The Morgan fingerprint density at radius 2 is 2.23 bits per heavy atom. The van der Waals surface area contributed by atoms with E-state index in [1.54, 1.807) is 17.6 Å². The summed E-state index contributed by atoms with van der Waals surface area (Å²) in [5.41, 5.74) is 0.801. The molecule has 9 nitrogen and oxygen atoms in total. The second-order valence-corrected chi connectivity index (χ2v) is 9.20. The van der Waals surface area contributed by atoms with E-state index in [4.69, 9.17) is 16.3 Å². The number of nitriles is 1. The van der Waals surface area contributed by atoms with Crippen molar-refractivity contribution >= 4 is 40.7 Å². The zero-order valence-corrected chi connectivity index (χ0v) is 19.7. The van der Waals surface area contributed by atoms with Crippen LogP contribution < -0.4 is 5.32 Å². The standard InChI is InChI=1S/C22H18ClF2N5O4S/c1-34-21(33)16-14(9-30-10-22(24,25)7-15(30)20(31)32)28-18(19-27-4-5-35-19)29-17(16)12-3-2-11(8-26)6-13(12)23/h2-6,15,17H,7,9-10H2,1H3,(H,28,29)(H,31,32)/t15-,17-/m0/s1. The van der Waals surface area contributed by atoms with Gasteiger partial charge in [0.2, 0.25) is 0 Å². The van der Waals surface area contributed by atoms with Gasteiger partial charge < -0.3 is 15.2 Å². The van der Waals surface area contributed by atoms with Gasteiger partial charge in [-0.05, 0) is 12.1 Å². The maximum absolute atomic E-state index is 14.1. The Kier molecular flexibility index (Phi) is 6.84. The topological polar surface area (TPSA) is 128 Å². The maximum atomic E-state index is 14.1. The highest BCUT2D eigenvalue weighted by Gasteiger charge is 2.49. The van der Waals surface area contributed by atoms with Gasteiger partial charge in [-0.1, -0.05) is 17.7 Å². The third kappa shape index (κ3) is 5.02. The fourth-order valence-corrected chi connectivity index (χ4v) is 4.93. The summed E-state index contributed by atoms with van der Waals surface area (Å²) in [4.78, 5) is 34.5. The maximum Gasteiger partial charge on any atom is 0.338 e. The zero-order chi connectivity index (χ0) is 25.3. The van der Waals surface area contributed by atoms with E-state index in [-0.39, 0.29) is 28.7 Å². The molecule has 0 saturated carbocycles. The Morgan fingerprint density at radius 1 is 1.46 bits per heavy atom. The first-order valence-corrected chi connectivity index (χ1v) is 11.5. The quantitative estimate of drug-likeness (QED) is 0.555. The third-order valence-corrected chi connectivity index (χ3v) is 6.71. The normalized spacial score (nSPS) is 21.7. The summed E-state index contributed by atoms with van der Waals surface area (Å²) < 4.78 is 33.2. The lowest BCUT2D eigenvalue weighted by molar-refractivity contribution is -0.142. The molecule has 35 heavy (non-hydrogen) atoms. The molecule has 2 aliphatic rings. The van der Waals surface area contributed by atoms with Crippen LogP contribution in [0.25, 0.3) is 0 Å². The smallest absolute Gasteiger partial charge is 0.338 e. The molecule has 2 atom stereocenters. The number of amidine groups is 1. The molecule has 0 radical (unpaired) electrons. The van der Waals surface area contributed by atoms with E-state index in [1.165, 1.54) is 23.5 Å². The van der Waals surface area contributed by atoms with Gasteiger partial charge in [-0.2, -0.15) is 5.26 Å². The predicted octanol–water partition coefficient (Wildman–Crippen LogP) is 2.98. The minimum Gasteiger partial charge on any atom is -0.480 e. The Balaban J connectivity index is 1.84. The summed E-state index contributed by atoms with van der Waals surface area (Å²) >= 11 is 7.69. The minimum atomic E-state index is -3.20. The summed E-state index contributed by atoms with van der Waals surface area (Å²) in [5.74, 6) is -5.13. The largest absolute Gasteiger partial charge is 0.480 e. The van der Waals surface area contributed by atoms with Gasteiger partial charge in [0.1, 0.15) is 12.1 Å². The number of nitrogens with one attached hydrogen (secondary N) is 1. The number of ether oxygens (including phenoxy) is 1. The number of aliphatic imine (C=N–C) groups is 1. The van der Waals surface area contributed by atoms with Crippen LogP contribution in [-0.2, 0) is 14.3 Å². The number of likely N-dealkylation sites (tertiary alicyclic amines) is 1. The average molecular weight is 522 g/mol. The number of aromatic nitrogens is 1. The molecule has 182 valence electrons. The molecule has 0 spiro atoms. The number of nitrogens with zero attached hydrogens (tertiary/aromatic N) is 4. The second kappa shape index (κ2) is 9.69. The van der Waals surface area contributed by atoms with E-state index in [2.05, 4.69) is 15.3 Å². The molecular weight excluding hydrogens is 504 g/mol. The van der Waals surface area contributed by atoms with Crippen molar-refractivity contribution in [2.45, 2.75) is 24.4 Å². The van der Waals surface area contributed by atoms with Gasteiger partial charge in [0, 0.05) is 40.8 Å². The Bertz CT molecular complexity index is 1280. The SMILES string of the molecule is COC(=O)C1=C(CN2CC(F)(F)C[C@H]2C(=O)O)NC(c2nccs2)=N[C@H]1c1ccc(C#N)cc1Cl. The number of methoxy groups -OCH3 is 1. The minimum absolute atomic E-state index is 0.0150. The van der Waals surface area contributed by atoms with Crippen LogP contribution in [-0.4, -0.2) is 64.9 Å². The van der Waals surface area contributed by atoms with E-state index in [0.29, 0.717) is 16.1 Å². The number of esters is 1. The number of rotatable bonds is 6. The van der Waals surface area contributed by atoms with Crippen LogP contribution in [0.15, 0.2) is 46.0 Å². The highest BCUT2D eigenvalue weighted by Crippen LogP contribution is 2.38. The lowest BCUT2D eigenvalue weighted by atomic mass is 9.94. The van der Waals surface area contributed by atoms with E-state index in [9.17, 15) is 28.7 Å². The van der Waals surface area contributed by atoms with Crippen LogP contribution in [0.4, 0.5) is 8.78 Å². The molecule has 0 amide bonds. The van der Waals surface area contributed by atoms with Crippen molar-refractivity contribution < 1.29 is 28.2 Å². The molecule has 0 aliphatic carbocycles. The van der Waals surface area contributed by atoms with Crippen molar-refractivity contribution in [1.29, 1.82) is 5.26 Å². The number of benzene rings is 1. The molecule has 0 bridgehead atoms. The van der Waals surface area contributed by atoms with Gasteiger partial charge in [-0.25, -0.2) is 18.6 Å². The molecule has 4 rings (SSSR count). The van der Waals surface area contributed by atoms with Crippen molar-refractivity contribution in [1.82, 2.24) is 15.2 Å². The monoisotopic (exact) mass is 521 g/mol. The molecule has 1 aromatic carbocycles. The third-order valence-electron chi connectivity index (χ3n) is 5.60. The van der Waals surface area contributed by atoms with Gasteiger partial charge in [-0.3, -0.25) is 14.7 Å². The highest BCUT2D eigenvalue weighted by atomic mass is 35.5. The first-order chi connectivity index (χ1) is 16.6. The molecule has 13 heteroatoms. The van der Waals surface area contributed by atoms with Crippen molar-refractivity contribution in [2.75, 3.05) is 20.2 Å². The van der Waals surface area contributed by atoms with Gasteiger partial charge in [0.15, 0.2) is 10.8 Å². The van der Waals surface area contributed by atoms with Crippen LogP contribution in [0.5, 0.6) is 0 Å². The van der Waals surface area contributed by atoms with Gasteiger partial charge >= 0.3 is 11.9 Å². The van der Waals surface area contributed by atoms with E-state index >= 15 is 0 Å². The molecule has 1 fully saturated rings. The lowest BCUT2D eigenvalue weighted by Gasteiger charge is -2.30. The zero-order valence-electron chi connectivity index (χ0n) is 18.2. The van der Waals surface area contributed by atoms with Crippen molar-refractivity contribution in [3.05, 3.63) is 62.2 Å². The number of hydrogen-bond donors (Lipinski definition) is 2. The van der Waals surface area contributed by atoms with Gasteiger partial charge in [0.25, 0.3) is 5.92 Å². The molecule has 0 unspecified atom stereocenters. The number of halogens is 3. The van der Waals surface area contributed by atoms with Crippen LogP contribution >= 0.6 is 22.9 Å². The van der Waals surface area contributed by atoms with Crippen LogP contribution in [0.3, 0.4) is 0 Å². The van der Waals surface area contributed by atoms with E-state index in [1.807, 2.05) is 6.07 Å². The Labute approximate surface area is 207 Å². The molecule has 2 aromatic rings. The van der Waals surface area contributed by atoms with Crippen LogP contribution in [0.2, 0.25) is 5.02 Å². The fraction of sp³-hybridized carbons (Fsp3) is 0.318. The predicted molar refractivity (Wildman–Crippen MR) is 122 cm³/mol. The molecule has 2 aliphatic heterocycles. The second-order valence-electron chi connectivity index (χ2n) is 7.89. The number of aliphatic carboxylic acids is 1. The van der Waals surface area contributed by atoms with Crippen molar-refractivity contribution in [3.63, 3.8) is 0 Å². The number of thiazole rings is 1. The Morgan fingerprint density at radius 3 is 2.83 bits per heavy atom. The molecular formula is C22H18ClF2N5O4S. The van der Waals surface area contributed by atoms with Crippen LogP contribution in [0.1, 0.15) is 28.6 Å². The molecule has 3 heterocycles. The molecule has 2 N–H and O–H groups in total. The van der Waals surface area contributed by atoms with Crippen LogP contribution in [0, 0.1) is 11.3 Å². The fourth-order valence-electron chi connectivity index (χ4n) is 4.06. The number of hydrogen-bond acceptors (Lipinski definition) is 9. The number of carboxylic acid groups (broad SMARTS) is 1. The average Bonchev–Trinajstić information content (AvgIpc) is 3.45. The van der Waals surface area contributed by atoms with Crippen molar-refractivity contribution in [3.8, 4) is 6.07 Å². The number of carboxylic acids is 1. The van der Waals surface area contributed by atoms with Gasteiger partial charge in [-0.15, -0.1) is 11.3 Å². The number of carbonyl (C=O) groups is 2. The number of carbonyl (C=O) groups excluding carboxylic acids is 1. The van der Waals surface area contributed by atoms with E-state index < -0.39 is 42.9 Å². The summed E-state index contributed by atoms with van der Waals surface area (Å²) in [5, 5.41) is 24.0. The first kappa shape index (κ1) is 24.7. The molecule has 1 saturated heterocycles. The summed E-state index contributed by atoms with van der Waals surface area (Å²) in [6.45, 7) is -1.11. The first-order valence-electron chi connectivity index (χ1n) is 10.2. The number of alkyl halides is 2. The Hall–Kier alpha value is -3.40. The van der Waals surface area contributed by atoms with E-state index in [0.717, 1.165) is 12.0 Å². The lowest BCUT2D eigenvalue weighted by Crippen LogP contribution is -2.43. The molecule has 1 aromatic heterocycles.